The maximum atomic E-state index is 12.0. The minimum absolute atomic E-state index is 0.0393. The summed E-state index contributed by atoms with van der Waals surface area (Å²) in [5.41, 5.74) is 2.75. The molecule has 2 heterocycles. The van der Waals surface area contributed by atoms with Gasteiger partial charge < -0.3 is 19.0 Å². The zero-order valence-electron chi connectivity index (χ0n) is 16.7. The van der Waals surface area contributed by atoms with Crippen molar-refractivity contribution in [2.45, 2.75) is 55.8 Å². The number of rotatable bonds is 5. The molecule has 1 aromatic carbocycles. The van der Waals surface area contributed by atoms with E-state index < -0.39 is 0 Å². The van der Waals surface area contributed by atoms with Crippen LogP contribution in [0.4, 0.5) is 0 Å². The first-order valence-electron chi connectivity index (χ1n) is 10.8. The summed E-state index contributed by atoms with van der Waals surface area (Å²) in [6.07, 6.45) is 6.64. The third kappa shape index (κ3) is 2.07. The van der Waals surface area contributed by atoms with E-state index in [1.54, 1.807) is 14.2 Å². The Hall–Kier alpha value is -1.59. The fourth-order valence-electron chi connectivity index (χ4n) is 7.04. The third-order valence-electron chi connectivity index (χ3n) is 8.37. The summed E-state index contributed by atoms with van der Waals surface area (Å²) < 4.78 is 18.2. The third-order valence-corrected chi connectivity index (χ3v) is 8.37. The Morgan fingerprint density at radius 2 is 2.18 bits per heavy atom. The Bertz CT molecular complexity index is 821. The molecule has 5 heteroatoms. The maximum absolute atomic E-state index is 12.0. The van der Waals surface area contributed by atoms with Crippen LogP contribution in [0.1, 0.15) is 36.8 Å². The van der Waals surface area contributed by atoms with Gasteiger partial charge in [-0.3, -0.25) is 4.90 Å². The second-order valence-electron chi connectivity index (χ2n) is 9.51. The van der Waals surface area contributed by atoms with Crippen molar-refractivity contribution >= 4 is 6.29 Å². The number of carbonyl (C=O) groups is 1. The van der Waals surface area contributed by atoms with E-state index in [1.165, 1.54) is 30.5 Å². The van der Waals surface area contributed by atoms with Crippen LogP contribution in [0.2, 0.25) is 0 Å². The highest BCUT2D eigenvalue weighted by molar-refractivity contribution is 5.63. The lowest BCUT2D eigenvalue weighted by atomic mass is 9.50. The van der Waals surface area contributed by atoms with Gasteiger partial charge >= 0.3 is 0 Å². The van der Waals surface area contributed by atoms with E-state index in [-0.39, 0.29) is 23.5 Å². The lowest BCUT2D eigenvalue weighted by Gasteiger charge is -2.60. The van der Waals surface area contributed by atoms with Gasteiger partial charge in [-0.1, -0.05) is 6.07 Å². The van der Waals surface area contributed by atoms with Gasteiger partial charge in [-0.25, -0.2) is 0 Å². The molecule has 150 valence electrons. The topological polar surface area (TPSA) is 48.0 Å². The Balaban J connectivity index is 1.52. The molecular formula is C23H29NO4. The van der Waals surface area contributed by atoms with Gasteiger partial charge in [0.1, 0.15) is 18.5 Å². The molecule has 1 aromatic rings. The summed E-state index contributed by atoms with van der Waals surface area (Å²) in [5, 5.41) is 0. The first-order chi connectivity index (χ1) is 13.7. The standard InChI is InChI=1S/C23H29NO4/c1-26-18-6-5-14-10-17-16-9-15(12-25)20(27-2)22-23(16,19(14)21(18)28-22)7-8-24(17)11-13-3-4-13/h5-6,12-13,15-17,20,22H,3-4,7-11H2,1-2H3/t15-,16?,17-,20?,22+,23+/m1/s1. The molecule has 0 aromatic heterocycles. The predicted molar refractivity (Wildman–Crippen MR) is 104 cm³/mol. The van der Waals surface area contributed by atoms with Crippen molar-refractivity contribution in [1.82, 2.24) is 4.90 Å². The van der Waals surface area contributed by atoms with E-state index in [0.717, 1.165) is 49.5 Å². The molecule has 3 fully saturated rings. The number of nitrogens with zero attached hydrogens (tertiary/aromatic N) is 1. The molecule has 2 aliphatic heterocycles. The van der Waals surface area contributed by atoms with E-state index in [4.69, 9.17) is 14.2 Å². The number of aldehydes is 1. The zero-order valence-corrected chi connectivity index (χ0v) is 16.7. The summed E-state index contributed by atoms with van der Waals surface area (Å²) in [6.45, 7) is 2.34. The van der Waals surface area contributed by atoms with Crippen LogP contribution in [0.15, 0.2) is 12.1 Å². The monoisotopic (exact) mass is 383 g/mol. The SMILES string of the molecule is COc1ccc2c3c1O[C@H]1C(OC)[C@@H](C=O)CC4[C@@H](C2)N(CC2CC2)CC[C@@]341. The van der Waals surface area contributed by atoms with Gasteiger partial charge in [-0.2, -0.15) is 0 Å². The van der Waals surface area contributed by atoms with E-state index in [9.17, 15) is 4.79 Å². The molecule has 1 saturated heterocycles. The fraction of sp³-hybridized carbons (Fsp3) is 0.696. The Labute approximate surface area is 166 Å². The fourth-order valence-corrected chi connectivity index (χ4v) is 7.04. The van der Waals surface area contributed by atoms with Crippen LogP contribution >= 0.6 is 0 Å². The van der Waals surface area contributed by atoms with Crippen molar-refractivity contribution < 1.29 is 19.0 Å². The summed E-state index contributed by atoms with van der Waals surface area (Å²) in [5.74, 6) is 2.97. The Morgan fingerprint density at radius 1 is 1.32 bits per heavy atom. The van der Waals surface area contributed by atoms with Gasteiger partial charge in [0.25, 0.3) is 0 Å². The molecule has 0 N–H and O–H groups in total. The lowest BCUT2D eigenvalue weighted by Crippen LogP contribution is -2.69. The summed E-state index contributed by atoms with van der Waals surface area (Å²) in [7, 11) is 3.44. The normalized spacial score (nSPS) is 40.6. The quantitative estimate of drug-likeness (QED) is 0.732. The molecule has 1 spiro atoms. The first kappa shape index (κ1) is 17.3. The number of benzene rings is 1. The highest BCUT2D eigenvalue weighted by Gasteiger charge is 2.67. The molecule has 0 radical (unpaired) electrons. The Morgan fingerprint density at radius 3 is 2.89 bits per heavy atom. The highest BCUT2D eigenvalue weighted by Crippen LogP contribution is 2.64. The van der Waals surface area contributed by atoms with Crippen LogP contribution in [0, 0.1) is 17.8 Å². The number of ether oxygens (including phenoxy) is 3. The molecule has 3 aliphatic carbocycles. The first-order valence-corrected chi connectivity index (χ1v) is 10.8. The minimum Gasteiger partial charge on any atom is -0.493 e. The summed E-state index contributed by atoms with van der Waals surface area (Å²) in [4.78, 5) is 14.7. The van der Waals surface area contributed by atoms with Crippen LogP contribution in [-0.4, -0.2) is 56.7 Å². The van der Waals surface area contributed by atoms with Crippen LogP contribution in [0.25, 0.3) is 0 Å². The van der Waals surface area contributed by atoms with E-state index in [1.807, 2.05) is 0 Å². The van der Waals surface area contributed by atoms with Crippen molar-refractivity contribution in [3.8, 4) is 11.5 Å². The van der Waals surface area contributed by atoms with Gasteiger partial charge in [0, 0.05) is 36.6 Å². The largest absolute Gasteiger partial charge is 0.493 e. The average Bonchev–Trinajstić information content (AvgIpc) is 3.47. The van der Waals surface area contributed by atoms with E-state index >= 15 is 0 Å². The number of carbonyl (C=O) groups excluding carboxylic acids is 1. The van der Waals surface area contributed by atoms with Crippen molar-refractivity contribution in [3.05, 3.63) is 23.3 Å². The van der Waals surface area contributed by atoms with Crippen LogP contribution in [0.3, 0.4) is 0 Å². The molecular weight excluding hydrogens is 354 g/mol. The summed E-state index contributed by atoms with van der Waals surface area (Å²) >= 11 is 0. The van der Waals surface area contributed by atoms with E-state index in [0.29, 0.717) is 12.0 Å². The summed E-state index contributed by atoms with van der Waals surface area (Å²) in [6, 6.07) is 4.82. The average molecular weight is 383 g/mol. The number of piperidine rings is 1. The lowest BCUT2D eigenvalue weighted by molar-refractivity contribution is -0.150. The number of hydrogen-bond acceptors (Lipinski definition) is 5. The van der Waals surface area contributed by atoms with Crippen LogP contribution in [-0.2, 0) is 21.4 Å². The van der Waals surface area contributed by atoms with Gasteiger partial charge in [0.15, 0.2) is 11.5 Å². The minimum atomic E-state index is -0.188. The van der Waals surface area contributed by atoms with Gasteiger partial charge in [-0.15, -0.1) is 0 Å². The molecule has 5 nitrogen and oxygen atoms in total. The molecule has 2 unspecified atom stereocenters. The second kappa shape index (κ2) is 5.96. The molecule has 2 bridgehead atoms. The second-order valence-corrected chi connectivity index (χ2v) is 9.51. The van der Waals surface area contributed by atoms with Crippen LogP contribution in [0.5, 0.6) is 11.5 Å². The maximum Gasteiger partial charge on any atom is 0.165 e. The number of methoxy groups -OCH3 is 2. The molecule has 6 atom stereocenters. The molecule has 28 heavy (non-hydrogen) atoms. The van der Waals surface area contributed by atoms with Crippen molar-refractivity contribution in [1.29, 1.82) is 0 Å². The molecule has 2 saturated carbocycles. The molecule has 6 rings (SSSR count). The Kier molecular flexibility index (Phi) is 3.68. The van der Waals surface area contributed by atoms with Gasteiger partial charge in [-0.05, 0) is 62.1 Å². The number of likely N-dealkylation sites (tertiary alicyclic amines) is 1. The van der Waals surface area contributed by atoms with Crippen molar-refractivity contribution in [2.24, 2.45) is 17.8 Å². The zero-order chi connectivity index (χ0) is 19.0. The van der Waals surface area contributed by atoms with Crippen LogP contribution < -0.4 is 9.47 Å². The van der Waals surface area contributed by atoms with Gasteiger partial charge in [0.05, 0.1) is 7.11 Å². The molecule has 5 aliphatic rings. The number of hydrogen-bond donors (Lipinski definition) is 0. The van der Waals surface area contributed by atoms with E-state index in [2.05, 4.69) is 17.0 Å². The van der Waals surface area contributed by atoms with Crippen molar-refractivity contribution in [2.75, 3.05) is 27.3 Å². The highest BCUT2D eigenvalue weighted by atomic mass is 16.6. The molecule has 0 amide bonds. The smallest absolute Gasteiger partial charge is 0.165 e. The van der Waals surface area contributed by atoms with Crippen molar-refractivity contribution in [3.63, 3.8) is 0 Å². The predicted octanol–water partition coefficient (Wildman–Crippen LogP) is 2.58. The van der Waals surface area contributed by atoms with Gasteiger partial charge in [0.2, 0.25) is 0 Å².